The summed E-state index contributed by atoms with van der Waals surface area (Å²) in [7, 11) is 0. The lowest BCUT2D eigenvalue weighted by Crippen LogP contribution is -2.05. The van der Waals surface area contributed by atoms with Crippen molar-refractivity contribution in [2.24, 2.45) is 4.99 Å². The Morgan fingerprint density at radius 1 is 1.58 bits per heavy atom. The van der Waals surface area contributed by atoms with Gasteiger partial charge in [-0.3, -0.25) is 10.1 Å². The van der Waals surface area contributed by atoms with Gasteiger partial charge in [-0.05, 0) is 18.1 Å². The zero-order valence-corrected chi connectivity index (χ0v) is 10.2. The molecule has 0 amide bonds. The summed E-state index contributed by atoms with van der Waals surface area (Å²) in [5.41, 5.74) is -0.465. The zero-order valence-electron chi connectivity index (χ0n) is 10.2. The van der Waals surface area contributed by atoms with Crippen LogP contribution < -0.4 is 0 Å². The summed E-state index contributed by atoms with van der Waals surface area (Å²) >= 11 is 0. The molecule has 0 radical (unpaired) electrons. The van der Waals surface area contributed by atoms with Crippen molar-refractivity contribution in [2.45, 2.75) is 25.8 Å². The number of carbonyl (C=O) groups excluding carboxylic acids is 1. The van der Waals surface area contributed by atoms with Gasteiger partial charge in [0.1, 0.15) is 5.56 Å². The molecule has 0 aliphatic rings. The Morgan fingerprint density at radius 3 is 2.74 bits per heavy atom. The van der Waals surface area contributed by atoms with E-state index in [2.05, 4.69) is 4.99 Å². The fraction of sp³-hybridized carbons (Fsp3) is 0.333. The van der Waals surface area contributed by atoms with E-state index in [-0.39, 0.29) is 5.56 Å². The zero-order chi connectivity index (χ0) is 14.4. The minimum Gasteiger partial charge on any atom is -0.477 e. The Hall–Kier alpha value is -2.53. The van der Waals surface area contributed by atoms with Gasteiger partial charge in [0, 0.05) is 6.07 Å². The molecule has 0 saturated heterocycles. The normalized spacial score (nSPS) is 11.4. The molecule has 0 fully saturated rings. The number of aliphatic imine (C=N–C) groups is 1. The van der Waals surface area contributed by atoms with E-state index in [1.54, 1.807) is 0 Å². The third-order valence-electron chi connectivity index (χ3n) is 2.60. The van der Waals surface area contributed by atoms with E-state index in [9.17, 15) is 19.7 Å². The fourth-order valence-electron chi connectivity index (χ4n) is 1.73. The number of aromatic carboxylic acids is 1. The van der Waals surface area contributed by atoms with Gasteiger partial charge in [0.05, 0.1) is 11.0 Å². The molecule has 0 saturated carbocycles. The second-order valence-corrected chi connectivity index (χ2v) is 3.86. The summed E-state index contributed by atoms with van der Waals surface area (Å²) in [5, 5.41) is 19.7. The average Bonchev–Trinajstić information content (AvgIpc) is 2.37. The van der Waals surface area contributed by atoms with Crippen molar-refractivity contribution >= 4 is 17.7 Å². The van der Waals surface area contributed by atoms with Gasteiger partial charge in [0.15, 0.2) is 0 Å². The van der Waals surface area contributed by atoms with Gasteiger partial charge in [0.2, 0.25) is 6.08 Å². The standard InChI is InChI=1S/C12H12N2O5/c1-2-3-10(13-7-15)8-4-5-9(12(16)17)11(6-8)14(18)19/h4-6,10H,2-3H2,1H3,(H,16,17)/t10-/m1/s1. The molecule has 0 heterocycles. The number of nitro groups is 1. The third kappa shape index (κ3) is 3.46. The number of hydrogen-bond donors (Lipinski definition) is 1. The number of carboxylic acids is 1. The number of isocyanates is 1. The largest absolute Gasteiger partial charge is 0.477 e. The van der Waals surface area contributed by atoms with Crippen LogP contribution in [-0.2, 0) is 4.79 Å². The smallest absolute Gasteiger partial charge is 0.342 e. The van der Waals surface area contributed by atoms with Crippen LogP contribution in [0.15, 0.2) is 23.2 Å². The van der Waals surface area contributed by atoms with E-state index < -0.39 is 22.6 Å². The van der Waals surface area contributed by atoms with E-state index in [1.807, 2.05) is 6.92 Å². The van der Waals surface area contributed by atoms with Gasteiger partial charge >= 0.3 is 5.97 Å². The number of hydrogen-bond acceptors (Lipinski definition) is 5. The predicted octanol–water partition coefficient (Wildman–Crippen LogP) is 2.47. The highest BCUT2D eigenvalue weighted by atomic mass is 16.6. The van der Waals surface area contributed by atoms with Gasteiger partial charge in [-0.15, -0.1) is 0 Å². The van der Waals surface area contributed by atoms with Crippen LogP contribution in [0.4, 0.5) is 5.69 Å². The average molecular weight is 264 g/mol. The quantitative estimate of drug-likeness (QED) is 0.367. The van der Waals surface area contributed by atoms with Crippen LogP contribution in [-0.4, -0.2) is 22.1 Å². The van der Waals surface area contributed by atoms with Gasteiger partial charge in [-0.25, -0.2) is 9.59 Å². The summed E-state index contributed by atoms with van der Waals surface area (Å²) in [6.07, 6.45) is 2.68. The summed E-state index contributed by atoms with van der Waals surface area (Å²) in [6, 6.07) is 3.19. The molecular formula is C12H12N2O5. The molecule has 1 aromatic rings. The van der Waals surface area contributed by atoms with E-state index in [1.165, 1.54) is 12.1 Å². The molecule has 7 heteroatoms. The Morgan fingerprint density at radius 2 is 2.26 bits per heavy atom. The van der Waals surface area contributed by atoms with Crippen LogP contribution in [0.5, 0.6) is 0 Å². The van der Waals surface area contributed by atoms with Crippen LogP contribution in [0.3, 0.4) is 0 Å². The molecule has 0 spiro atoms. The summed E-state index contributed by atoms with van der Waals surface area (Å²) in [6.45, 7) is 1.88. The number of nitrogens with zero attached hydrogens (tertiary/aromatic N) is 2. The summed E-state index contributed by atoms with van der Waals surface area (Å²) in [5.74, 6) is -1.37. The van der Waals surface area contributed by atoms with Crippen molar-refractivity contribution in [3.63, 3.8) is 0 Å². The minimum absolute atomic E-state index is 0.390. The van der Waals surface area contributed by atoms with Gasteiger partial charge in [0.25, 0.3) is 5.69 Å². The molecule has 0 unspecified atom stereocenters. The number of benzene rings is 1. The van der Waals surface area contributed by atoms with Crippen molar-refractivity contribution in [1.29, 1.82) is 0 Å². The molecule has 1 aromatic carbocycles. The van der Waals surface area contributed by atoms with Crippen molar-refractivity contribution in [2.75, 3.05) is 0 Å². The lowest BCUT2D eigenvalue weighted by Gasteiger charge is -2.10. The van der Waals surface area contributed by atoms with E-state index in [0.717, 1.165) is 18.6 Å². The first kappa shape index (κ1) is 14.5. The Balaban J connectivity index is 3.30. The molecule has 0 bridgehead atoms. The molecule has 0 aromatic heterocycles. The first-order valence-electron chi connectivity index (χ1n) is 5.59. The van der Waals surface area contributed by atoms with Crippen LogP contribution in [0.1, 0.15) is 41.7 Å². The SMILES string of the molecule is CCC[C@@H](N=C=O)c1ccc(C(=O)O)c([N+](=O)[O-])c1. The molecule has 0 aliphatic carbocycles. The van der Waals surface area contributed by atoms with Crippen molar-refractivity contribution in [3.8, 4) is 0 Å². The molecule has 1 atom stereocenters. The van der Waals surface area contributed by atoms with Gasteiger partial charge in [-0.1, -0.05) is 19.4 Å². The second-order valence-electron chi connectivity index (χ2n) is 3.86. The number of rotatable bonds is 6. The first-order valence-corrected chi connectivity index (χ1v) is 5.59. The van der Waals surface area contributed by atoms with Crippen molar-refractivity contribution in [1.82, 2.24) is 0 Å². The van der Waals surface area contributed by atoms with Crippen LogP contribution >= 0.6 is 0 Å². The van der Waals surface area contributed by atoms with Crippen molar-refractivity contribution in [3.05, 3.63) is 39.4 Å². The lowest BCUT2D eigenvalue weighted by atomic mass is 10.00. The molecule has 0 aliphatic heterocycles. The lowest BCUT2D eigenvalue weighted by molar-refractivity contribution is -0.385. The predicted molar refractivity (Wildman–Crippen MR) is 65.8 cm³/mol. The summed E-state index contributed by atoms with van der Waals surface area (Å²) in [4.78, 5) is 34.9. The Kier molecular flexibility index (Phi) is 4.91. The minimum atomic E-state index is -1.37. The number of carboxylic acid groups (broad SMARTS) is 1. The Bertz CT molecular complexity index is 549. The van der Waals surface area contributed by atoms with Gasteiger partial charge < -0.3 is 5.11 Å². The van der Waals surface area contributed by atoms with Crippen LogP contribution in [0, 0.1) is 10.1 Å². The maximum atomic E-state index is 10.9. The second kappa shape index (κ2) is 6.42. The molecular weight excluding hydrogens is 252 g/mol. The highest BCUT2D eigenvalue weighted by Crippen LogP contribution is 2.28. The Labute approximate surface area is 108 Å². The van der Waals surface area contributed by atoms with Crippen LogP contribution in [0.2, 0.25) is 0 Å². The highest BCUT2D eigenvalue weighted by Gasteiger charge is 2.22. The van der Waals surface area contributed by atoms with Crippen LogP contribution in [0.25, 0.3) is 0 Å². The molecule has 1 rings (SSSR count). The van der Waals surface area contributed by atoms with E-state index in [0.29, 0.717) is 12.0 Å². The highest BCUT2D eigenvalue weighted by molar-refractivity contribution is 5.92. The molecule has 1 N–H and O–H groups in total. The molecule has 19 heavy (non-hydrogen) atoms. The summed E-state index contributed by atoms with van der Waals surface area (Å²) < 4.78 is 0. The maximum Gasteiger partial charge on any atom is 0.342 e. The third-order valence-corrected chi connectivity index (χ3v) is 2.60. The topological polar surface area (TPSA) is 110 Å². The molecule has 100 valence electrons. The maximum absolute atomic E-state index is 10.9. The monoisotopic (exact) mass is 264 g/mol. The van der Waals surface area contributed by atoms with E-state index in [4.69, 9.17) is 5.11 Å². The van der Waals surface area contributed by atoms with Gasteiger partial charge in [-0.2, -0.15) is 4.99 Å². The first-order chi connectivity index (χ1) is 9.01. The number of nitro benzene ring substituents is 1. The fourth-order valence-corrected chi connectivity index (χ4v) is 1.73. The van der Waals surface area contributed by atoms with E-state index >= 15 is 0 Å². The van der Waals surface area contributed by atoms with Crippen molar-refractivity contribution < 1.29 is 19.6 Å². The number of carbonyl (C=O) groups is 1. The molecule has 7 nitrogen and oxygen atoms in total.